The van der Waals surface area contributed by atoms with E-state index in [-0.39, 0.29) is 129 Å². The van der Waals surface area contributed by atoms with Crippen molar-refractivity contribution in [1.29, 1.82) is 0 Å². The van der Waals surface area contributed by atoms with Crippen LogP contribution in [-0.2, 0) is 74.9 Å². The molecule has 0 aliphatic carbocycles. The van der Waals surface area contributed by atoms with Crippen LogP contribution in [0.15, 0.2) is 59.3 Å². The third-order valence-corrected chi connectivity index (χ3v) is 23.2. The van der Waals surface area contributed by atoms with Crippen LogP contribution < -0.4 is 21.3 Å². The number of likely N-dealkylation sites (tertiary alicyclic amines) is 2. The molecule has 2 aliphatic heterocycles. The number of aromatic hydroxyl groups is 2. The third-order valence-electron chi connectivity index (χ3n) is 21.1. The van der Waals surface area contributed by atoms with Crippen molar-refractivity contribution in [2.24, 2.45) is 35.5 Å². The van der Waals surface area contributed by atoms with Gasteiger partial charge in [-0.15, -0.1) is 22.7 Å². The Hall–Kier alpha value is -8.30. The van der Waals surface area contributed by atoms with Crippen molar-refractivity contribution in [3.8, 4) is 11.5 Å². The zero-order chi connectivity index (χ0) is 84.6. The Morgan fingerprint density at radius 1 is 0.561 bits per heavy atom. The van der Waals surface area contributed by atoms with E-state index in [9.17, 15) is 73.2 Å². The van der Waals surface area contributed by atoms with Crippen molar-refractivity contribution < 1.29 is 92.1 Å². The van der Waals surface area contributed by atoms with Crippen LogP contribution in [0.4, 0.5) is 0 Å². The topological polar surface area (TPSA) is 392 Å². The molecule has 8 N–H and O–H groups in total. The first-order chi connectivity index (χ1) is 54.0. The fourth-order valence-corrected chi connectivity index (χ4v) is 15.8. The summed E-state index contributed by atoms with van der Waals surface area (Å²) in [7, 11) is 3.82. The molecule has 114 heavy (non-hydrogen) atoms. The molecule has 2 aromatic heterocycles. The van der Waals surface area contributed by atoms with Gasteiger partial charge in [0.25, 0.3) is 11.8 Å². The normalized spacial score (nSPS) is 17.7. The minimum Gasteiger partial charge on any atom is -0.508 e. The van der Waals surface area contributed by atoms with Crippen LogP contribution in [0, 0.1) is 35.5 Å². The number of nitrogens with zero attached hydrogens (tertiary/aromatic N) is 6. The summed E-state index contributed by atoms with van der Waals surface area (Å²) in [5.41, 5.74) is 1.68. The van der Waals surface area contributed by atoms with Gasteiger partial charge in [-0.05, 0) is 144 Å². The van der Waals surface area contributed by atoms with Gasteiger partial charge < -0.3 is 70.4 Å². The number of hydrogen-bond acceptors (Lipinski definition) is 24. The second-order valence-corrected chi connectivity index (χ2v) is 33.2. The predicted octanol–water partition coefficient (Wildman–Crippen LogP) is 10.5. The number of phenolic OH excluding ortho intramolecular Hbond substituents is 2. The zero-order valence-electron chi connectivity index (χ0n) is 68.9. The number of hydrogen-bond donors (Lipinski definition) is 9. The lowest BCUT2D eigenvalue weighted by atomic mass is 9.92. The molecule has 2 fully saturated rings. The lowest BCUT2D eigenvalue weighted by Crippen LogP contribution is -2.59. The van der Waals surface area contributed by atoms with E-state index < -0.39 is 108 Å². The highest BCUT2D eigenvalue weighted by Gasteiger charge is 2.42. The van der Waals surface area contributed by atoms with Crippen LogP contribution >= 0.6 is 35.3 Å². The molecule has 4 heterocycles. The molecule has 0 saturated carbocycles. The predicted molar refractivity (Wildman–Crippen MR) is 436 cm³/mol. The van der Waals surface area contributed by atoms with Gasteiger partial charge in [-0.2, -0.15) is 12.6 Å². The molecule has 32 heteroatoms. The fourth-order valence-electron chi connectivity index (χ4n) is 14.0. The monoisotopic (exact) mass is 1650 g/mol. The van der Waals surface area contributed by atoms with Crippen LogP contribution in [0.25, 0.3) is 0 Å². The van der Waals surface area contributed by atoms with Crippen LogP contribution in [0.2, 0.25) is 0 Å². The number of esters is 3. The number of ether oxygens (including phenoxy) is 4. The van der Waals surface area contributed by atoms with E-state index in [1.165, 1.54) is 48.4 Å². The summed E-state index contributed by atoms with van der Waals surface area (Å²) in [4.78, 5) is 161. The van der Waals surface area contributed by atoms with Crippen LogP contribution in [0.3, 0.4) is 0 Å². The van der Waals surface area contributed by atoms with Crippen LogP contribution in [0.5, 0.6) is 11.5 Å². The summed E-state index contributed by atoms with van der Waals surface area (Å²) in [5, 5.41) is 54.3. The van der Waals surface area contributed by atoms with E-state index >= 15 is 0 Å². The number of thiol groups is 1. The summed E-state index contributed by atoms with van der Waals surface area (Å²) < 4.78 is 23.2. The Bertz CT molecular complexity index is 3750. The van der Waals surface area contributed by atoms with Crippen molar-refractivity contribution in [3.63, 3.8) is 0 Å². The standard InChI is InChI=1S/C42H63N5O10S.C40H61N5O9S2/c1-9-13-36(50)56-24-47(41(53)37(26(5)10-2)45-39(52)33-14-11-12-19-46(33)8)34(25(3)4)22-35(57-28(7)48)40-44-32(23-58-40)38(51)43-30(20-27(6)42(54)55)21-29-15-17-31(49)18-16-29;1-8-25(4)35(43-37(49)32-11-9-10-16-44(32)7)39(50)45(23-53-17-18-55)33(24(2)3)21-34(54-27(6)46)38-42-31(22-56-38)36(48)41-29(19-26(5)40(51)52)20-28-12-14-30(47)15-13-28/h15-18,23,25-27,30,33-35,37,49H,9-14,19-22,24H2,1-8H3,(H,43,51)(H,45,52)(H,54,55);12-15,22,24-26,29,32-35,47,55H,8-11,16-21,23H2,1-7H3,(H,41,48)(H,43,49)(H,51,52)/t26?,27-,30+,33+,34+,35+,37-;25?,26-,29+,32+,33+,34+,35-/m00/s1. The van der Waals surface area contributed by atoms with Gasteiger partial charge in [0, 0.05) is 73.8 Å². The second-order valence-electron chi connectivity index (χ2n) is 31.0. The highest BCUT2D eigenvalue weighted by atomic mass is 32.1. The van der Waals surface area contributed by atoms with Gasteiger partial charge >= 0.3 is 29.8 Å². The molecular weight excluding hydrogens is 1530 g/mol. The van der Waals surface area contributed by atoms with Gasteiger partial charge in [0.05, 0.1) is 30.5 Å². The van der Waals surface area contributed by atoms with E-state index in [2.05, 4.69) is 43.9 Å². The summed E-state index contributed by atoms with van der Waals surface area (Å²) in [6.07, 6.45) is 6.29. The number of phenols is 2. The molecule has 2 aromatic carbocycles. The zero-order valence-corrected chi connectivity index (χ0v) is 71.5. The summed E-state index contributed by atoms with van der Waals surface area (Å²) in [5.74, 6) is -7.68. The van der Waals surface area contributed by atoms with Crippen molar-refractivity contribution >= 4 is 101 Å². The number of nitrogens with one attached hydrogen (secondary N) is 4. The minimum absolute atomic E-state index is 0.0330. The molecule has 6 rings (SSSR count). The molecule has 2 saturated heterocycles. The van der Waals surface area contributed by atoms with E-state index in [0.29, 0.717) is 60.7 Å². The lowest BCUT2D eigenvalue weighted by Gasteiger charge is -2.39. The quantitative estimate of drug-likeness (QED) is 0.00653. The fraction of sp³-hybridized carbons (Fsp3) is 0.646. The molecule has 4 aromatic rings. The summed E-state index contributed by atoms with van der Waals surface area (Å²) >= 11 is 6.51. The number of carboxylic acids is 2. The first-order valence-corrected chi connectivity index (χ1v) is 42.2. The van der Waals surface area contributed by atoms with E-state index in [0.717, 1.165) is 72.6 Å². The Morgan fingerprint density at radius 2 is 0.947 bits per heavy atom. The Balaban J connectivity index is 0.000000407. The number of thiazole rings is 2. The molecule has 14 atom stereocenters. The second kappa shape index (κ2) is 48.3. The number of likely N-dealkylation sites (N-methyl/N-ethyl adjacent to an activating group) is 2. The van der Waals surface area contributed by atoms with Crippen molar-refractivity contribution in [1.82, 2.24) is 50.8 Å². The van der Waals surface area contributed by atoms with Crippen molar-refractivity contribution in [2.75, 3.05) is 53.0 Å². The smallest absolute Gasteiger partial charge is 0.307 e. The molecule has 0 radical (unpaired) electrons. The molecule has 6 amide bonds. The summed E-state index contributed by atoms with van der Waals surface area (Å²) in [6, 6.07) is 8.06. The number of carbonyl (C=O) groups is 11. The molecule has 0 bridgehead atoms. The third kappa shape index (κ3) is 30.7. The summed E-state index contributed by atoms with van der Waals surface area (Å²) in [6.45, 7) is 24.3. The van der Waals surface area contributed by atoms with E-state index in [1.807, 2.05) is 86.2 Å². The highest BCUT2D eigenvalue weighted by molar-refractivity contribution is 7.80. The number of aliphatic carboxylic acids is 2. The maximum Gasteiger partial charge on any atom is 0.307 e. The first kappa shape index (κ1) is 96.3. The van der Waals surface area contributed by atoms with Gasteiger partial charge in [-0.25, -0.2) is 9.97 Å². The van der Waals surface area contributed by atoms with Crippen LogP contribution in [0.1, 0.15) is 234 Å². The van der Waals surface area contributed by atoms with Crippen LogP contribution in [-0.4, -0.2) is 217 Å². The van der Waals surface area contributed by atoms with Crippen molar-refractivity contribution in [2.45, 2.75) is 253 Å². The maximum absolute atomic E-state index is 14.7. The molecule has 2 unspecified atom stereocenters. The van der Waals surface area contributed by atoms with E-state index in [4.69, 9.17) is 18.9 Å². The van der Waals surface area contributed by atoms with Gasteiger partial charge in [-0.3, -0.25) is 62.5 Å². The number of rotatable bonds is 44. The Morgan fingerprint density at radius 3 is 1.28 bits per heavy atom. The van der Waals surface area contributed by atoms with Gasteiger partial charge in [0.1, 0.15) is 51.7 Å². The van der Waals surface area contributed by atoms with Gasteiger partial charge in [0.15, 0.2) is 18.9 Å². The average Bonchev–Trinajstić information content (AvgIpc) is 1.09. The van der Waals surface area contributed by atoms with Crippen molar-refractivity contribution in [3.05, 3.63) is 91.8 Å². The lowest BCUT2D eigenvalue weighted by molar-refractivity contribution is -0.161. The number of amides is 6. The molecule has 2 aliphatic rings. The van der Waals surface area contributed by atoms with E-state index in [1.54, 1.807) is 48.4 Å². The number of carboxylic acid groups (broad SMARTS) is 2. The number of carbonyl (C=O) groups excluding carboxylic acids is 9. The van der Waals surface area contributed by atoms with Gasteiger partial charge in [0.2, 0.25) is 23.6 Å². The molecule has 0 spiro atoms. The number of aromatic nitrogens is 2. The molecule has 634 valence electrons. The Labute approximate surface area is 684 Å². The largest absolute Gasteiger partial charge is 0.508 e. The average molecular weight is 1650 g/mol. The first-order valence-electron chi connectivity index (χ1n) is 39.9. The number of benzene rings is 2. The highest BCUT2D eigenvalue weighted by Crippen LogP contribution is 2.35. The maximum atomic E-state index is 14.7. The molecule has 29 nitrogen and oxygen atoms in total. The Kier molecular flexibility index (Phi) is 40.8. The SMILES string of the molecule is CCC(C)[C@H](NC(=O)[C@H]1CCCCN1C)C(=O)N(COCCS)[C@H](C[C@@H](OC(C)=O)c1nc(C(=O)N[C@@H](Cc2ccc(O)cc2)C[C@H](C)C(=O)O)cs1)C(C)C.CCCC(=O)OCN(C(=O)[C@@H](NC(=O)[C@H]1CCCCN1C)C(C)CC)[C@H](C[C@@H](OC(C)=O)c1nc(C(=O)N[C@@H](Cc2ccc(O)cc2)C[C@H](C)C(=O)O)cs1)C(C)C. The minimum atomic E-state index is -1.01. The molecular formula is C82H124N10O19S3. The van der Waals surface area contributed by atoms with Gasteiger partial charge in [-0.1, -0.05) is 126 Å². The number of piperidine rings is 2.